The molecule has 0 aliphatic rings. The van der Waals surface area contributed by atoms with Gasteiger partial charge in [0.1, 0.15) is 11.5 Å². The maximum Gasteiger partial charge on any atom is 0.252 e. The summed E-state index contributed by atoms with van der Waals surface area (Å²) in [7, 11) is 3.11. The van der Waals surface area contributed by atoms with Crippen LogP contribution in [0.3, 0.4) is 0 Å². The van der Waals surface area contributed by atoms with Gasteiger partial charge in [-0.15, -0.1) is 0 Å². The minimum Gasteiger partial charge on any atom is -0.497 e. The van der Waals surface area contributed by atoms with Gasteiger partial charge in [-0.3, -0.25) is 4.79 Å². The third kappa shape index (κ3) is 5.83. The normalized spacial score (nSPS) is 11.5. The van der Waals surface area contributed by atoms with Crippen LogP contribution in [0, 0.1) is 0 Å². The Labute approximate surface area is 171 Å². The van der Waals surface area contributed by atoms with Gasteiger partial charge in [0.2, 0.25) is 0 Å². The zero-order valence-corrected chi connectivity index (χ0v) is 16.6. The first-order valence-electron chi connectivity index (χ1n) is 9.40. The second-order valence-corrected chi connectivity index (χ2v) is 6.54. The maximum atomic E-state index is 12.9. The van der Waals surface area contributed by atoms with E-state index in [0.29, 0.717) is 30.3 Å². The van der Waals surface area contributed by atoms with Gasteiger partial charge in [-0.25, -0.2) is 0 Å². The van der Waals surface area contributed by atoms with Crippen LogP contribution in [-0.2, 0) is 11.3 Å². The van der Waals surface area contributed by atoms with Crippen molar-refractivity contribution in [2.24, 2.45) is 0 Å². The van der Waals surface area contributed by atoms with Gasteiger partial charge in [0.05, 0.1) is 33.5 Å². The zero-order chi connectivity index (χ0) is 20.5. The van der Waals surface area contributed by atoms with Gasteiger partial charge in [-0.1, -0.05) is 60.7 Å². The predicted molar refractivity (Wildman–Crippen MR) is 112 cm³/mol. The monoisotopic (exact) mass is 391 g/mol. The fourth-order valence-corrected chi connectivity index (χ4v) is 2.96. The molecule has 3 aromatic rings. The summed E-state index contributed by atoms with van der Waals surface area (Å²) in [5.41, 5.74) is 2.53. The molecule has 0 saturated carbocycles. The van der Waals surface area contributed by atoms with Crippen LogP contribution in [0.5, 0.6) is 11.5 Å². The summed E-state index contributed by atoms with van der Waals surface area (Å²) in [6.45, 7) is 0.832. The van der Waals surface area contributed by atoms with Crippen molar-refractivity contribution in [2.75, 3.05) is 20.8 Å². The van der Waals surface area contributed by atoms with E-state index in [0.717, 1.165) is 11.1 Å². The largest absolute Gasteiger partial charge is 0.497 e. The summed E-state index contributed by atoms with van der Waals surface area (Å²) in [6, 6.07) is 24.5. The summed E-state index contributed by atoms with van der Waals surface area (Å²) in [6.07, 6.45) is 0. The Hall–Kier alpha value is -3.31. The molecule has 1 unspecified atom stereocenters. The van der Waals surface area contributed by atoms with Crippen LogP contribution in [-0.4, -0.2) is 26.7 Å². The highest BCUT2D eigenvalue weighted by atomic mass is 16.5. The van der Waals surface area contributed by atoms with Crippen molar-refractivity contribution in [2.45, 2.75) is 12.6 Å². The molecule has 0 bridgehead atoms. The molecular formula is C24H25NO4. The van der Waals surface area contributed by atoms with E-state index in [-0.39, 0.29) is 11.9 Å². The number of amides is 1. The first-order chi connectivity index (χ1) is 14.2. The molecule has 150 valence electrons. The third-order valence-corrected chi connectivity index (χ3v) is 4.52. The molecule has 0 aliphatic carbocycles. The van der Waals surface area contributed by atoms with Crippen LogP contribution >= 0.6 is 0 Å². The molecule has 5 heteroatoms. The van der Waals surface area contributed by atoms with E-state index in [2.05, 4.69) is 5.32 Å². The van der Waals surface area contributed by atoms with E-state index in [1.807, 2.05) is 60.7 Å². The summed E-state index contributed by atoms with van der Waals surface area (Å²) in [4.78, 5) is 12.9. The van der Waals surface area contributed by atoms with Crippen LogP contribution in [0.1, 0.15) is 27.5 Å². The van der Waals surface area contributed by atoms with E-state index in [4.69, 9.17) is 14.2 Å². The van der Waals surface area contributed by atoms with Crippen LogP contribution in [0.2, 0.25) is 0 Å². The van der Waals surface area contributed by atoms with Crippen molar-refractivity contribution >= 4 is 5.91 Å². The molecule has 29 heavy (non-hydrogen) atoms. The van der Waals surface area contributed by atoms with Crippen LogP contribution < -0.4 is 14.8 Å². The highest BCUT2D eigenvalue weighted by Crippen LogP contribution is 2.23. The number of nitrogens with one attached hydrogen (secondary N) is 1. The summed E-state index contributed by atoms with van der Waals surface area (Å²) in [5, 5.41) is 3.06. The van der Waals surface area contributed by atoms with Crippen molar-refractivity contribution in [3.8, 4) is 11.5 Å². The Kier molecular flexibility index (Phi) is 7.25. The van der Waals surface area contributed by atoms with E-state index in [1.165, 1.54) is 0 Å². The Balaban J connectivity index is 1.73. The predicted octanol–water partition coefficient (Wildman–Crippen LogP) is 4.39. The van der Waals surface area contributed by atoms with Crippen molar-refractivity contribution in [3.63, 3.8) is 0 Å². The van der Waals surface area contributed by atoms with Gasteiger partial charge in [-0.2, -0.15) is 0 Å². The Morgan fingerprint density at radius 1 is 0.862 bits per heavy atom. The van der Waals surface area contributed by atoms with Crippen LogP contribution in [0.15, 0.2) is 78.9 Å². The molecular weight excluding hydrogens is 366 g/mol. The molecule has 3 rings (SSSR count). The van der Waals surface area contributed by atoms with Gasteiger partial charge in [0.25, 0.3) is 5.91 Å². The lowest BCUT2D eigenvalue weighted by atomic mass is 10.1. The Morgan fingerprint density at radius 2 is 1.45 bits per heavy atom. The van der Waals surface area contributed by atoms with Gasteiger partial charge < -0.3 is 19.5 Å². The number of carbonyl (C=O) groups is 1. The lowest BCUT2D eigenvalue weighted by Gasteiger charge is -2.20. The van der Waals surface area contributed by atoms with Gasteiger partial charge in [-0.05, 0) is 23.3 Å². The lowest BCUT2D eigenvalue weighted by molar-refractivity contribution is 0.0796. The summed E-state index contributed by atoms with van der Waals surface area (Å²) >= 11 is 0. The second-order valence-electron chi connectivity index (χ2n) is 6.54. The molecule has 0 heterocycles. The third-order valence-electron chi connectivity index (χ3n) is 4.52. The topological polar surface area (TPSA) is 56.8 Å². The highest BCUT2D eigenvalue weighted by molar-refractivity contribution is 5.95. The maximum absolute atomic E-state index is 12.9. The minimum absolute atomic E-state index is 0.223. The first kappa shape index (κ1) is 20.4. The Morgan fingerprint density at radius 3 is 2.03 bits per heavy atom. The summed E-state index contributed by atoms with van der Waals surface area (Å²) < 4.78 is 16.4. The van der Waals surface area contributed by atoms with E-state index >= 15 is 0 Å². The number of carbonyl (C=O) groups excluding carboxylic acids is 1. The number of hydrogen-bond acceptors (Lipinski definition) is 4. The van der Waals surface area contributed by atoms with Gasteiger partial charge in [0.15, 0.2) is 0 Å². The fraction of sp³-hybridized carbons (Fsp3) is 0.208. The molecule has 0 aromatic heterocycles. The molecule has 3 aromatic carbocycles. The molecule has 5 nitrogen and oxygen atoms in total. The fourth-order valence-electron chi connectivity index (χ4n) is 2.96. The zero-order valence-electron chi connectivity index (χ0n) is 16.6. The van der Waals surface area contributed by atoms with Crippen molar-refractivity contribution < 1.29 is 19.0 Å². The van der Waals surface area contributed by atoms with Crippen molar-refractivity contribution in [1.29, 1.82) is 0 Å². The molecule has 1 atom stereocenters. The lowest BCUT2D eigenvalue weighted by Crippen LogP contribution is -2.31. The van der Waals surface area contributed by atoms with E-state index in [9.17, 15) is 4.79 Å². The van der Waals surface area contributed by atoms with Crippen LogP contribution in [0.25, 0.3) is 0 Å². The van der Waals surface area contributed by atoms with Crippen molar-refractivity contribution in [1.82, 2.24) is 5.32 Å². The molecule has 0 aliphatic heterocycles. The number of rotatable bonds is 9. The standard InChI is InChI=1S/C24H25NO4/c1-27-21-13-20(14-22(15-21)28-2)24(26)25-23(19-11-7-4-8-12-19)17-29-16-18-9-5-3-6-10-18/h3-15,23H,16-17H2,1-2H3,(H,25,26). The average molecular weight is 391 g/mol. The molecule has 1 N–H and O–H groups in total. The van der Waals surface area contributed by atoms with E-state index in [1.54, 1.807) is 32.4 Å². The molecule has 0 spiro atoms. The number of benzene rings is 3. The van der Waals surface area contributed by atoms with Crippen molar-refractivity contribution in [3.05, 3.63) is 95.6 Å². The molecule has 0 fully saturated rings. The molecule has 0 saturated heterocycles. The number of hydrogen-bond donors (Lipinski definition) is 1. The smallest absolute Gasteiger partial charge is 0.252 e. The molecule has 0 radical (unpaired) electrons. The minimum atomic E-state index is -0.287. The number of ether oxygens (including phenoxy) is 3. The van der Waals surface area contributed by atoms with Gasteiger partial charge >= 0.3 is 0 Å². The highest BCUT2D eigenvalue weighted by Gasteiger charge is 2.17. The van der Waals surface area contributed by atoms with Gasteiger partial charge in [0, 0.05) is 11.6 Å². The molecule has 1 amide bonds. The second kappa shape index (κ2) is 10.3. The average Bonchev–Trinajstić information content (AvgIpc) is 2.79. The first-order valence-corrected chi connectivity index (χ1v) is 9.40. The summed E-state index contributed by atoms with van der Waals surface area (Å²) in [5.74, 6) is 0.900. The number of methoxy groups -OCH3 is 2. The van der Waals surface area contributed by atoms with E-state index < -0.39 is 0 Å². The van der Waals surface area contributed by atoms with Crippen LogP contribution in [0.4, 0.5) is 0 Å². The SMILES string of the molecule is COc1cc(OC)cc(C(=O)NC(COCc2ccccc2)c2ccccc2)c1. The Bertz CT molecular complexity index is 890. The quantitative estimate of drug-likeness (QED) is 0.588.